The van der Waals surface area contributed by atoms with Crippen LogP contribution in [0.25, 0.3) is 0 Å². The van der Waals surface area contributed by atoms with Gasteiger partial charge in [0.25, 0.3) is 0 Å². The zero-order valence-electron chi connectivity index (χ0n) is 10.9. The molecule has 1 aromatic rings. The van der Waals surface area contributed by atoms with Crippen LogP contribution in [0.15, 0.2) is 6.20 Å². The molecule has 0 saturated carbocycles. The van der Waals surface area contributed by atoms with E-state index in [0.717, 1.165) is 26.1 Å². The molecule has 1 fully saturated rings. The second-order valence-corrected chi connectivity index (χ2v) is 4.70. The van der Waals surface area contributed by atoms with E-state index in [1.165, 1.54) is 6.20 Å². The number of nitrogens with zero attached hydrogens (tertiary/aromatic N) is 2. The van der Waals surface area contributed by atoms with Crippen LogP contribution in [-0.2, 0) is 21.8 Å². The van der Waals surface area contributed by atoms with Gasteiger partial charge >= 0.3 is 5.97 Å². The van der Waals surface area contributed by atoms with E-state index in [0.29, 0.717) is 29.6 Å². The summed E-state index contributed by atoms with van der Waals surface area (Å²) in [7, 11) is 0. The smallest absolute Gasteiger partial charge is 0.341 e. The summed E-state index contributed by atoms with van der Waals surface area (Å²) in [6, 6.07) is 0. The molecule has 1 aliphatic heterocycles. The van der Waals surface area contributed by atoms with E-state index >= 15 is 0 Å². The summed E-state index contributed by atoms with van der Waals surface area (Å²) >= 11 is 5.84. The molecule has 0 aromatic carbocycles. The molecule has 5 nitrogen and oxygen atoms in total. The van der Waals surface area contributed by atoms with Gasteiger partial charge in [-0.15, -0.1) is 11.6 Å². The Bertz CT molecular complexity index is 448. The number of alkyl halides is 1. The van der Waals surface area contributed by atoms with Crippen LogP contribution < -0.4 is 0 Å². The highest BCUT2D eigenvalue weighted by Crippen LogP contribution is 2.18. The molecule has 1 aromatic heterocycles. The third-order valence-electron chi connectivity index (χ3n) is 3.03. The number of halogens is 1. The van der Waals surface area contributed by atoms with Crippen molar-refractivity contribution in [2.45, 2.75) is 25.6 Å². The molecule has 0 radical (unpaired) electrons. The molecule has 1 aliphatic rings. The molecule has 0 spiro atoms. The molecule has 2 rings (SSSR count). The summed E-state index contributed by atoms with van der Waals surface area (Å²) < 4.78 is 10.3. The van der Waals surface area contributed by atoms with Gasteiger partial charge < -0.3 is 9.47 Å². The van der Waals surface area contributed by atoms with Crippen molar-refractivity contribution in [1.29, 1.82) is 0 Å². The standard InChI is InChI=1S/C13H17ClN2O3/c1-2-19-13(17)10-7-15-12(16-11(10)6-14)5-9-3-4-18-8-9/h7,9H,2-6,8H2,1H3. The second-order valence-electron chi connectivity index (χ2n) is 4.43. The maximum Gasteiger partial charge on any atom is 0.341 e. The van der Waals surface area contributed by atoms with Crippen LogP contribution in [0.3, 0.4) is 0 Å². The van der Waals surface area contributed by atoms with Crippen molar-refractivity contribution in [3.8, 4) is 0 Å². The molecule has 19 heavy (non-hydrogen) atoms. The zero-order valence-corrected chi connectivity index (χ0v) is 11.7. The van der Waals surface area contributed by atoms with Crippen LogP contribution in [0.1, 0.15) is 35.2 Å². The lowest BCUT2D eigenvalue weighted by atomic mass is 10.0. The summed E-state index contributed by atoms with van der Waals surface area (Å²) in [6.45, 7) is 3.63. The lowest BCUT2D eigenvalue weighted by Crippen LogP contribution is -2.13. The van der Waals surface area contributed by atoms with Gasteiger partial charge in [0.2, 0.25) is 0 Å². The van der Waals surface area contributed by atoms with Crippen LogP contribution in [0, 0.1) is 5.92 Å². The van der Waals surface area contributed by atoms with Crippen LogP contribution in [-0.4, -0.2) is 35.8 Å². The van der Waals surface area contributed by atoms with Gasteiger partial charge in [-0.3, -0.25) is 0 Å². The maximum atomic E-state index is 11.7. The number of hydrogen-bond donors (Lipinski definition) is 0. The fourth-order valence-corrected chi connectivity index (χ4v) is 2.24. The minimum Gasteiger partial charge on any atom is -0.462 e. The first kappa shape index (κ1) is 14.2. The van der Waals surface area contributed by atoms with E-state index in [2.05, 4.69) is 9.97 Å². The van der Waals surface area contributed by atoms with Gasteiger partial charge in [0.05, 0.1) is 18.2 Å². The fraction of sp³-hybridized carbons (Fsp3) is 0.615. The molecule has 1 unspecified atom stereocenters. The summed E-state index contributed by atoms with van der Waals surface area (Å²) in [5, 5.41) is 0. The number of ether oxygens (including phenoxy) is 2. The number of aromatic nitrogens is 2. The Labute approximate surface area is 117 Å². The SMILES string of the molecule is CCOC(=O)c1cnc(CC2CCOC2)nc1CCl. The largest absolute Gasteiger partial charge is 0.462 e. The van der Waals surface area contributed by atoms with Gasteiger partial charge in [-0.05, 0) is 19.3 Å². The fourth-order valence-electron chi connectivity index (χ4n) is 2.04. The molecular weight excluding hydrogens is 268 g/mol. The third-order valence-corrected chi connectivity index (χ3v) is 3.29. The van der Waals surface area contributed by atoms with E-state index in [9.17, 15) is 4.79 Å². The maximum absolute atomic E-state index is 11.7. The molecule has 2 heterocycles. The van der Waals surface area contributed by atoms with Crippen molar-refractivity contribution in [1.82, 2.24) is 9.97 Å². The quantitative estimate of drug-likeness (QED) is 0.611. The summed E-state index contributed by atoms with van der Waals surface area (Å²) in [5.41, 5.74) is 0.882. The molecule has 0 aliphatic carbocycles. The van der Waals surface area contributed by atoms with Gasteiger partial charge in [0.15, 0.2) is 0 Å². The van der Waals surface area contributed by atoms with Crippen molar-refractivity contribution in [2.75, 3.05) is 19.8 Å². The minimum absolute atomic E-state index is 0.171. The van der Waals surface area contributed by atoms with Gasteiger partial charge in [-0.25, -0.2) is 14.8 Å². The number of rotatable bonds is 5. The Morgan fingerprint density at radius 1 is 1.63 bits per heavy atom. The zero-order chi connectivity index (χ0) is 13.7. The van der Waals surface area contributed by atoms with Crippen LogP contribution in [0.4, 0.5) is 0 Å². The predicted octanol–water partition coefficient (Wildman–Crippen LogP) is 1.97. The number of carbonyl (C=O) groups excluding carboxylic acids is 1. The molecule has 0 amide bonds. The average molecular weight is 285 g/mol. The number of hydrogen-bond acceptors (Lipinski definition) is 5. The molecule has 1 saturated heterocycles. The van der Waals surface area contributed by atoms with E-state index < -0.39 is 5.97 Å². The van der Waals surface area contributed by atoms with E-state index in [1.54, 1.807) is 6.92 Å². The Hall–Kier alpha value is -1.20. The average Bonchev–Trinajstić information content (AvgIpc) is 2.91. The number of carbonyl (C=O) groups is 1. The Morgan fingerprint density at radius 3 is 3.11 bits per heavy atom. The van der Waals surface area contributed by atoms with Crippen molar-refractivity contribution in [3.05, 3.63) is 23.3 Å². The molecular formula is C13H17ClN2O3. The van der Waals surface area contributed by atoms with Crippen molar-refractivity contribution >= 4 is 17.6 Å². The topological polar surface area (TPSA) is 61.3 Å². The molecule has 6 heteroatoms. The van der Waals surface area contributed by atoms with Crippen molar-refractivity contribution < 1.29 is 14.3 Å². The highest BCUT2D eigenvalue weighted by molar-refractivity contribution is 6.17. The molecule has 104 valence electrons. The third kappa shape index (κ3) is 3.64. The van der Waals surface area contributed by atoms with Gasteiger partial charge in [0.1, 0.15) is 11.4 Å². The minimum atomic E-state index is -0.422. The number of esters is 1. The second kappa shape index (κ2) is 6.82. The monoisotopic (exact) mass is 284 g/mol. The Balaban J connectivity index is 2.12. The highest BCUT2D eigenvalue weighted by Gasteiger charge is 2.20. The van der Waals surface area contributed by atoms with E-state index in [1.807, 2.05) is 0 Å². The predicted molar refractivity (Wildman–Crippen MR) is 70.2 cm³/mol. The van der Waals surface area contributed by atoms with E-state index in [4.69, 9.17) is 21.1 Å². The lowest BCUT2D eigenvalue weighted by Gasteiger charge is -2.09. The summed E-state index contributed by atoms with van der Waals surface area (Å²) in [6.07, 6.45) is 3.29. The van der Waals surface area contributed by atoms with Crippen molar-refractivity contribution in [2.24, 2.45) is 5.92 Å². The first-order valence-corrected chi connectivity index (χ1v) is 6.93. The van der Waals surface area contributed by atoms with Crippen molar-refractivity contribution in [3.63, 3.8) is 0 Å². The lowest BCUT2D eigenvalue weighted by molar-refractivity contribution is 0.0524. The normalized spacial score (nSPS) is 18.5. The first-order valence-electron chi connectivity index (χ1n) is 6.40. The summed E-state index contributed by atoms with van der Waals surface area (Å²) in [5.74, 6) is 0.912. The molecule has 0 N–H and O–H groups in total. The summed E-state index contributed by atoms with van der Waals surface area (Å²) in [4.78, 5) is 20.3. The van der Waals surface area contributed by atoms with Gasteiger partial charge in [-0.1, -0.05) is 0 Å². The highest BCUT2D eigenvalue weighted by atomic mass is 35.5. The Kier molecular flexibility index (Phi) is 5.10. The van der Waals surface area contributed by atoms with Crippen LogP contribution in [0.2, 0.25) is 0 Å². The first-order chi connectivity index (χ1) is 9.24. The van der Waals surface area contributed by atoms with Crippen LogP contribution in [0.5, 0.6) is 0 Å². The Morgan fingerprint density at radius 2 is 2.47 bits per heavy atom. The van der Waals surface area contributed by atoms with Gasteiger partial charge in [-0.2, -0.15) is 0 Å². The van der Waals surface area contributed by atoms with Gasteiger partial charge in [0, 0.05) is 25.8 Å². The van der Waals surface area contributed by atoms with E-state index in [-0.39, 0.29) is 5.88 Å². The van der Waals surface area contributed by atoms with Crippen LogP contribution >= 0.6 is 11.6 Å². The molecule has 1 atom stereocenters. The molecule has 0 bridgehead atoms.